The predicted molar refractivity (Wildman–Crippen MR) is 107 cm³/mol. The molecular weight excluding hydrogens is 342 g/mol. The molecule has 1 fully saturated rings. The summed E-state index contributed by atoms with van der Waals surface area (Å²) >= 11 is 0. The molecule has 144 valence electrons. The van der Waals surface area contributed by atoms with Gasteiger partial charge in [0.15, 0.2) is 0 Å². The van der Waals surface area contributed by atoms with Crippen LogP contribution in [0.2, 0.25) is 0 Å². The van der Waals surface area contributed by atoms with Gasteiger partial charge in [0.05, 0.1) is 5.71 Å². The summed E-state index contributed by atoms with van der Waals surface area (Å²) in [6, 6.07) is 17.8. The first kappa shape index (κ1) is 19.2. The number of ether oxygens (including phenoxy) is 1. The van der Waals surface area contributed by atoms with Gasteiger partial charge in [0.25, 0.3) is 0 Å². The lowest BCUT2D eigenvalue weighted by Crippen LogP contribution is -2.49. The van der Waals surface area contributed by atoms with Gasteiger partial charge < -0.3 is 20.0 Å². The molecule has 1 unspecified atom stereocenters. The maximum absolute atomic E-state index is 10.3. The average molecular weight is 369 g/mol. The first-order valence-corrected chi connectivity index (χ1v) is 9.28. The van der Waals surface area contributed by atoms with Gasteiger partial charge in [-0.1, -0.05) is 35.5 Å². The Balaban J connectivity index is 1.43. The Bertz CT molecular complexity index is 743. The number of aliphatic hydroxyl groups excluding tert-OH is 1. The zero-order valence-corrected chi connectivity index (χ0v) is 15.7. The minimum Gasteiger partial charge on any atom is -0.491 e. The number of aliphatic hydroxyl groups is 1. The van der Waals surface area contributed by atoms with Crippen molar-refractivity contribution in [1.82, 2.24) is 4.90 Å². The van der Waals surface area contributed by atoms with Crippen molar-refractivity contribution in [3.8, 4) is 5.75 Å². The number of hydrogen-bond donors (Lipinski definition) is 2. The number of oxime groups is 1. The molecule has 2 aromatic carbocycles. The fourth-order valence-corrected chi connectivity index (χ4v) is 3.24. The lowest BCUT2D eigenvalue weighted by molar-refractivity contribution is 0.0663. The number of hydrogen-bond acceptors (Lipinski definition) is 6. The summed E-state index contributed by atoms with van der Waals surface area (Å²) in [6.45, 7) is 6.32. The minimum atomic E-state index is -0.551. The molecule has 1 saturated heterocycles. The summed E-state index contributed by atoms with van der Waals surface area (Å²) in [5, 5.41) is 22.4. The molecule has 1 aliphatic rings. The Labute approximate surface area is 160 Å². The van der Waals surface area contributed by atoms with Gasteiger partial charge in [-0.25, -0.2) is 0 Å². The molecule has 0 radical (unpaired) electrons. The molecule has 0 aromatic heterocycles. The Kier molecular flexibility index (Phi) is 6.68. The summed E-state index contributed by atoms with van der Waals surface area (Å²) in [4.78, 5) is 4.64. The van der Waals surface area contributed by atoms with Crippen LogP contribution in [0.25, 0.3) is 0 Å². The molecule has 6 nitrogen and oxygen atoms in total. The second-order valence-electron chi connectivity index (χ2n) is 6.80. The van der Waals surface area contributed by atoms with Crippen molar-refractivity contribution in [2.75, 3.05) is 44.2 Å². The van der Waals surface area contributed by atoms with Crippen LogP contribution in [-0.2, 0) is 0 Å². The first-order valence-electron chi connectivity index (χ1n) is 9.28. The third-order valence-corrected chi connectivity index (χ3v) is 4.81. The predicted octanol–water partition coefficient (Wildman–Crippen LogP) is 2.45. The van der Waals surface area contributed by atoms with Crippen LogP contribution in [-0.4, -0.2) is 66.4 Å². The van der Waals surface area contributed by atoms with E-state index in [2.05, 4.69) is 39.2 Å². The van der Waals surface area contributed by atoms with Crippen molar-refractivity contribution in [2.45, 2.75) is 13.0 Å². The monoisotopic (exact) mass is 369 g/mol. The molecule has 0 bridgehead atoms. The molecule has 2 N–H and O–H groups in total. The molecule has 2 aromatic rings. The maximum atomic E-state index is 10.3. The minimum absolute atomic E-state index is 0.234. The van der Waals surface area contributed by atoms with E-state index >= 15 is 0 Å². The van der Waals surface area contributed by atoms with Crippen molar-refractivity contribution in [1.29, 1.82) is 0 Å². The Morgan fingerprint density at radius 1 is 1.07 bits per heavy atom. The fraction of sp³-hybridized carbons (Fsp3) is 0.381. The summed E-state index contributed by atoms with van der Waals surface area (Å²) in [6.07, 6.45) is -0.551. The molecule has 0 saturated carbocycles. The van der Waals surface area contributed by atoms with Crippen LogP contribution in [0.5, 0.6) is 5.75 Å². The number of anilines is 1. The smallest absolute Gasteiger partial charge is 0.120 e. The first-order chi connectivity index (χ1) is 13.2. The van der Waals surface area contributed by atoms with Gasteiger partial charge in [0.1, 0.15) is 18.5 Å². The van der Waals surface area contributed by atoms with Crippen LogP contribution in [0.1, 0.15) is 12.5 Å². The molecule has 3 rings (SSSR count). The Morgan fingerprint density at radius 2 is 1.81 bits per heavy atom. The Hall–Kier alpha value is -2.57. The standard InChI is InChI=1S/C21H27N3O3/c1-17(22-26)18-6-5-9-21(14-18)27-16-20(25)15-23-10-12-24(13-11-23)19-7-3-2-4-8-19/h2-9,14,20,25-26H,10-13,15-16H2,1H3/b22-17+. The zero-order chi connectivity index (χ0) is 19.1. The fourth-order valence-electron chi connectivity index (χ4n) is 3.24. The molecule has 0 aliphatic carbocycles. The highest BCUT2D eigenvalue weighted by atomic mass is 16.5. The molecule has 6 heteroatoms. The van der Waals surface area contributed by atoms with Crippen molar-refractivity contribution in [3.63, 3.8) is 0 Å². The van der Waals surface area contributed by atoms with E-state index in [1.807, 2.05) is 24.3 Å². The van der Waals surface area contributed by atoms with E-state index < -0.39 is 6.10 Å². The summed E-state index contributed by atoms with van der Waals surface area (Å²) in [5.41, 5.74) is 2.57. The van der Waals surface area contributed by atoms with Crippen molar-refractivity contribution in [2.24, 2.45) is 5.16 Å². The average Bonchev–Trinajstić information content (AvgIpc) is 2.73. The molecule has 27 heavy (non-hydrogen) atoms. The second-order valence-corrected chi connectivity index (χ2v) is 6.80. The van der Waals surface area contributed by atoms with E-state index in [4.69, 9.17) is 9.94 Å². The van der Waals surface area contributed by atoms with E-state index in [0.717, 1.165) is 31.7 Å². The SMILES string of the molecule is C/C(=N\O)c1cccc(OCC(O)CN2CCN(c3ccccc3)CC2)c1. The van der Waals surface area contributed by atoms with Crippen LogP contribution < -0.4 is 9.64 Å². The van der Waals surface area contributed by atoms with Gasteiger partial charge in [-0.15, -0.1) is 0 Å². The van der Waals surface area contributed by atoms with Gasteiger partial charge in [-0.05, 0) is 31.2 Å². The number of nitrogens with zero attached hydrogens (tertiary/aromatic N) is 3. The molecule has 1 aliphatic heterocycles. The van der Waals surface area contributed by atoms with Crippen LogP contribution >= 0.6 is 0 Å². The zero-order valence-electron chi connectivity index (χ0n) is 15.7. The van der Waals surface area contributed by atoms with Gasteiger partial charge >= 0.3 is 0 Å². The molecule has 0 amide bonds. The third-order valence-electron chi connectivity index (χ3n) is 4.81. The van der Waals surface area contributed by atoms with Crippen LogP contribution in [0.4, 0.5) is 5.69 Å². The second kappa shape index (κ2) is 9.39. The van der Waals surface area contributed by atoms with Gasteiger partial charge in [0, 0.05) is 44.0 Å². The highest BCUT2D eigenvalue weighted by Gasteiger charge is 2.19. The van der Waals surface area contributed by atoms with Crippen molar-refractivity contribution < 1.29 is 15.1 Å². The lowest BCUT2D eigenvalue weighted by Gasteiger charge is -2.36. The van der Waals surface area contributed by atoms with Crippen molar-refractivity contribution in [3.05, 3.63) is 60.2 Å². The summed E-state index contributed by atoms with van der Waals surface area (Å²) < 4.78 is 5.71. The normalized spacial score (nSPS) is 17.0. The number of piperazine rings is 1. The quantitative estimate of drug-likeness (QED) is 0.446. The van der Waals surface area contributed by atoms with E-state index in [9.17, 15) is 5.11 Å². The maximum Gasteiger partial charge on any atom is 0.120 e. The van der Waals surface area contributed by atoms with Gasteiger partial charge in [-0.3, -0.25) is 4.90 Å². The molecule has 0 spiro atoms. The molecule has 1 heterocycles. The third kappa shape index (κ3) is 5.45. The number of rotatable bonds is 7. The van der Waals surface area contributed by atoms with Crippen LogP contribution in [0.15, 0.2) is 59.8 Å². The van der Waals surface area contributed by atoms with Crippen molar-refractivity contribution >= 4 is 11.4 Å². The summed E-state index contributed by atoms with van der Waals surface area (Å²) in [7, 11) is 0. The van der Waals surface area contributed by atoms with Crippen LogP contribution in [0.3, 0.4) is 0 Å². The number of para-hydroxylation sites is 1. The van der Waals surface area contributed by atoms with Gasteiger partial charge in [-0.2, -0.15) is 0 Å². The van der Waals surface area contributed by atoms with E-state index in [1.54, 1.807) is 13.0 Å². The lowest BCUT2D eigenvalue weighted by atomic mass is 10.1. The van der Waals surface area contributed by atoms with E-state index in [-0.39, 0.29) is 6.61 Å². The van der Waals surface area contributed by atoms with E-state index in [1.165, 1.54) is 5.69 Å². The van der Waals surface area contributed by atoms with E-state index in [0.29, 0.717) is 18.0 Å². The summed E-state index contributed by atoms with van der Waals surface area (Å²) in [5.74, 6) is 0.656. The number of β-amino-alcohol motifs (C(OH)–C–C–N with tert-alkyl or cyclic N) is 1. The van der Waals surface area contributed by atoms with Gasteiger partial charge in [0.2, 0.25) is 0 Å². The molecular formula is C21H27N3O3. The Morgan fingerprint density at radius 3 is 2.52 bits per heavy atom. The molecule has 1 atom stereocenters. The largest absolute Gasteiger partial charge is 0.491 e. The van der Waals surface area contributed by atoms with Crippen LogP contribution in [0, 0.1) is 0 Å². The highest BCUT2D eigenvalue weighted by molar-refractivity contribution is 5.98. The highest BCUT2D eigenvalue weighted by Crippen LogP contribution is 2.17. The topological polar surface area (TPSA) is 68.5 Å². The number of benzene rings is 2.